The van der Waals surface area contributed by atoms with Crippen molar-refractivity contribution >= 4 is 35.0 Å². The van der Waals surface area contributed by atoms with Crippen molar-refractivity contribution in [2.75, 3.05) is 49.9 Å². The van der Waals surface area contributed by atoms with Gasteiger partial charge < -0.3 is 20.4 Å². The third-order valence-electron chi connectivity index (χ3n) is 11.4. The molecule has 0 saturated carbocycles. The molecule has 2 aliphatic rings. The Morgan fingerprint density at radius 1 is 0.536 bits per heavy atom. The molecule has 4 atom stereocenters. The normalized spacial score (nSPS) is 17.9. The van der Waals surface area contributed by atoms with Crippen molar-refractivity contribution in [3.05, 3.63) is 120 Å². The van der Waals surface area contributed by atoms with E-state index >= 15 is 0 Å². The zero-order valence-corrected chi connectivity index (χ0v) is 33.2. The Labute approximate surface area is 331 Å². The Bertz CT molecular complexity index is 1770. The average Bonchev–Trinajstić information content (AvgIpc) is 3.94. The zero-order valence-electron chi connectivity index (χ0n) is 33.2. The van der Waals surface area contributed by atoms with Gasteiger partial charge in [-0.25, -0.2) is 0 Å². The Morgan fingerprint density at radius 3 is 1.20 bits per heavy atom. The lowest BCUT2D eigenvalue weighted by Crippen LogP contribution is -2.48. The molecule has 0 aromatic heterocycles. The predicted octanol–water partition coefficient (Wildman–Crippen LogP) is 7.38. The molecule has 10 nitrogen and oxygen atoms in total. The molecule has 0 aliphatic carbocycles. The van der Waals surface area contributed by atoms with Crippen LogP contribution in [0, 0.1) is 0 Å². The van der Waals surface area contributed by atoms with Crippen molar-refractivity contribution in [2.24, 2.45) is 0 Å². The summed E-state index contributed by atoms with van der Waals surface area (Å²) in [6.07, 6.45) is 2.80. The summed E-state index contributed by atoms with van der Waals surface area (Å²) in [7, 11) is 0. The first-order valence-electron chi connectivity index (χ1n) is 20.3. The van der Waals surface area contributed by atoms with E-state index in [1.807, 2.05) is 109 Å². The van der Waals surface area contributed by atoms with Gasteiger partial charge >= 0.3 is 0 Å². The van der Waals surface area contributed by atoms with Gasteiger partial charge in [0.2, 0.25) is 23.6 Å². The highest BCUT2D eigenvalue weighted by Crippen LogP contribution is 2.31. The maximum Gasteiger partial charge on any atom is 0.247 e. The number of nitrogens with one attached hydrogen (secondary N) is 2. The number of benzene rings is 4. The predicted molar refractivity (Wildman–Crippen MR) is 223 cm³/mol. The van der Waals surface area contributed by atoms with Crippen LogP contribution in [0.25, 0.3) is 11.1 Å². The van der Waals surface area contributed by atoms with Crippen LogP contribution in [0.3, 0.4) is 0 Å². The van der Waals surface area contributed by atoms with Gasteiger partial charge in [0.05, 0.1) is 0 Å². The topological polar surface area (TPSA) is 105 Å². The van der Waals surface area contributed by atoms with Crippen LogP contribution in [0.2, 0.25) is 0 Å². The fraction of sp³-hybridized carbons (Fsp3) is 0.391. The van der Waals surface area contributed by atoms with Crippen LogP contribution in [-0.4, -0.2) is 94.6 Å². The standard InChI is InChI=1S/C46H56N6O4/c1-5-49(6-2)41(35-17-11-9-12-18-35)45(55)51-31-15-21-39(51)43(53)47-37-27-23-33(24-28-37)34-25-29-38(30-26-34)48-44(54)40-22-16-32-52(40)46(56)42(50(7-3)8-4)36-19-13-10-14-20-36/h9-14,17-20,23-30,39-42H,5-8,15-16,21-22,31-32H2,1-4H3,(H,47,53)(H,48,54)/t39-,40-,41-,42?/m0/s1. The second-order valence-electron chi connectivity index (χ2n) is 14.6. The Kier molecular flexibility index (Phi) is 13.7. The summed E-state index contributed by atoms with van der Waals surface area (Å²) in [5.74, 6) is -0.426. The molecule has 294 valence electrons. The average molecular weight is 757 g/mol. The molecular formula is C46H56N6O4. The van der Waals surface area contributed by atoms with Crippen molar-refractivity contribution in [3.63, 3.8) is 0 Å². The molecule has 2 N–H and O–H groups in total. The quantitative estimate of drug-likeness (QED) is 0.131. The maximum atomic E-state index is 14.0. The minimum Gasteiger partial charge on any atom is -0.329 e. The monoisotopic (exact) mass is 756 g/mol. The molecule has 0 bridgehead atoms. The summed E-state index contributed by atoms with van der Waals surface area (Å²) in [5.41, 5.74) is 5.12. The first kappa shape index (κ1) is 40.3. The third-order valence-corrected chi connectivity index (χ3v) is 11.4. The van der Waals surface area contributed by atoms with Gasteiger partial charge in [-0.05, 0) is 98.4 Å². The number of hydrogen-bond donors (Lipinski definition) is 2. The molecule has 2 saturated heterocycles. The van der Waals surface area contributed by atoms with Gasteiger partial charge in [0, 0.05) is 24.5 Å². The minimum atomic E-state index is -0.534. The van der Waals surface area contributed by atoms with Gasteiger partial charge in [-0.1, -0.05) is 113 Å². The second-order valence-corrected chi connectivity index (χ2v) is 14.6. The first-order chi connectivity index (χ1) is 27.3. The lowest BCUT2D eigenvalue weighted by atomic mass is 10.0. The molecule has 0 radical (unpaired) electrons. The summed E-state index contributed by atoms with van der Waals surface area (Å²) < 4.78 is 0. The van der Waals surface area contributed by atoms with Crippen molar-refractivity contribution in [1.82, 2.24) is 19.6 Å². The number of likely N-dealkylation sites (N-methyl/N-ethyl adjacent to an activating group) is 2. The van der Waals surface area contributed by atoms with E-state index in [-0.39, 0.29) is 23.6 Å². The van der Waals surface area contributed by atoms with Crippen LogP contribution >= 0.6 is 0 Å². The molecule has 4 aromatic rings. The van der Waals surface area contributed by atoms with Gasteiger partial charge in [-0.15, -0.1) is 0 Å². The maximum absolute atomic E-state index is 14.0. The van der Waals surface area contributed by atoms with Crippen LogP contribution in [0.5, 0.6) is 0 Å². The van der Waals surface area contributed by atoms with Crippen LogP contribution in [0.15, 0.2) is 109 Å². The van der Waals surface area contributed by atoms with Crippen molar-refractivity contribution in [3.8, 4) is 11.1 Å². The SMILES string of the molecule is CCN(CC)C(C(=O)N1CCC[C@H]1C(=O)Nc1ccc(-c2ccc(NC(=O)[C@@H]3CCCN3C(=O)[C@H](c3ccccc3)N(CC)CC)cc2)cc1)c1ccccc1. The van der Waals surface area contributed by atoms with E-state index in [9.17, 15) is 19.2 Å². The molecule has 2 aliphatic heterocycles. The molecule has 6 rings (SSSR count). The van der Waals surface area contributed by atoms with E-state index < -0.39 is 24.2 Å². The molecule has 2 heterocycles. The first-order valence-corrected chi connectivity index (χ1v) is 20.3. The second kappa shape index (κ2) is 19.0. The lowest BCUT2D eigenvalue weighted by Gasteiger charge is -2.34. The molecule has 4 aromatic carbocycles. The van der Waals surface area contributed by atoms with Crippen LogP contribution in [0.4, 0.5) is 11.4 Å². The highest BCUT2D eigenvalue weighted by molar-refractivity contribution is 5.99. The molecule has 10 heteroatoms. The number of amides is 4. The summed E-state index contributed by atoms with van der Waals surface area (Å²) in [4.78, 5) is 63.1. The van der Waals surface area contributed by atoms with Gasteiger partial charge in [0.25, 0.3) is 0 Å². The zero-order chi connectivity index (χ0) is 39.6. The molecule has 0 spiro atoms. The number of likely N-dealkylation sites (tertiary alicyclic amines) is 2. The lowest BCUT2D eigenvalue weighted by molar-refractivity contribution is -0.141. The highest BCUT2D eigenvalue weighted by Gasteiger charge is 2.40. The van der Waals surface area contributed by atoms with Crippen LogP contribution < -0.4 is 10.6 Å². The fourth-order valence-corrected chi connectivity index (χ4v) is 8.33. The third kappa shape index (κ3) is 9.03. The minimum absolute atomic E-state index is 0.0337. The van der Waals surface area contributed by atoms with Crippen LogP contribution in [0.1, 0.15) is 76.6 Å². The van der Waals surface area contributed by atoms with Gasteiger partial charge in [-0.3, -0.25) is 29.0 Å². The van der Waals surface area contributed by atoms with Gasteiger partial charge in [0.15, 0.2) is 0 Å². The van der Waals surface area contributed by atoms with Crippen molar-refractivity contribution < 1.29 is 19.2 Å². The Hall–Kier alpha value is -5.32. The fourth-order valence-electron chi connectivity index (χ4n) is 8.33. The molecule has 1 unspecified atom stereocenters. The Morgan fingerprint density at radius 2 is 0.875 bits per heavy atom. The van der Waals surface area contributed by atoms with E-state index in [0.29, 0.717) is 37.3 Å². The van der Waals surface area contributed by atoms with Crippen LogP contribution in [-0.2, 0) is 19.2 Å². The molecular weight excluding hydrogens is 701 g/mol. The number of hydrogen-bond acceptors (Lipinski definition) is 6. The summed E-state index contributed by atoms with van der Waals surface area (Å²) in [6.45, 7) is 12.2. The number of nitrogens with zero attached hydrogens (tertiary/aromatic N) is 4. The summed E-state index contributed by atoms with van der Waals surface area (Å²) in [6, 6.07) is 33.0. The van der Waals surface area contributed by atoms with E-state index in [4.69, 9.17) is 0 Å². The number of anilines is 2. The number of carbonyl (C=O) groups is 4. The molecule has 2 fully saturated rings. The van der Waals surface area contributed by atoms with Gasteiger partial charge in [-0.2, -0.15) is 0 Å². The van der Waals surface area contributed by atoms with Crippen molar-refractivity contribution in [1.29, 1.82) is 0 Å². The van der Waals surface area contributed by atoms with E-state index in [1.54, 1.807) is 9.80 Å². The molecule has 56 heavy (non-hydrogen) atoms. The summed E-state index contributed by atoms with van der Waals surface area (Å²) >= 11 is 0. The number of carbonyl (C=O) groups excluding carboxylic acids is 4. The smallest absolute Gasteiger partial charge is 0.247 e. The Balaban J connectivity index is 1.07. The van der Waals surface area contributed by atoms with Gasteiger partial charge in [0.1, 0.15) is 24.2 Å². The molecule has 4 amide bonds. The highest BCUT2D eigenvalue weighted by atomic mass is 16.2. The van der Waals surface area contributed by atoms with Crippen molar-refractivity contribution in [2.45, 2.75) is 77.5 Å². The van der Waals surface area contributed by atoms with E-state index in [2.05, 4.69) is 48.1 Å². The van der Waals surface area contributed by atoms with E-state index in [1.165, 1.54) is 0 Å². The number of rotatable bonds is 15. The largest absolute Gasteiger partial charge is 0.329 e. The summed E-state index contributed by atoms with van der Waals surface area (Å²) in [5, 5.41) is 6.11. The van der Waals surface area contributed by atoms with E-state index in [0.717, 1.165) is 61.3 Å².